The van der Waals surface area contributed by atoms with E-state index >= 15 is 0 Å². The Balaban J connectivity index is 1.46. The predicted octanol–water partition coefficient (Wildman–Crippen LogP) is 7.77. The summed E-state index contributed by atoms with van der Waals surface area (Å²) in [5.41, 5.74) is 0. The van der Waals surface area contributed by atoms with E-state index < -0.39 is 0 Å². The van der Waals surface area contributed by atoms with Crippen LogP contribution in [0.5, 0.6) is 0 Å². The maximum absolute atomic E-state index is 6.22. The van der Waals surface area contributed by atoms with Gasteiger partial charge in [0.25, 0.3) is 0 Å². The molecule has 0 aliphatic heterocycles. The molecule has 0 aromatic heterocycles. The minimum Gasteiger partial charge on any atom is -0.443 e. The molecule has 0 N–H and O–H groups in total. The Hall–Kier alpha value is -5.12. The molecule has 4 rings (SSSR count). The highest BCUT2D eigenvalue weighted by atomic mass is 16.5. The molecule has 12 atom stereocenters. The fourth-order valence-corrected chi connectivity index (χ4v) is 9.31. The van der Waals surface area contributed by atoms with Gasteiger partial charge in [0.1, 0.15) is 36.6 Å². The van der Waals surface area contributed by atoms with Crippen molar-refractivity contribution in [2.24, 2.45) is 47.3 Å². The van der Waals surface area contributed by atoms with Crippen LogP contribution in [-0.4, -0.2) is 31.5 Å². The van der Waals surface area contributed by atoms with Crippen molar-refractivity contribution in [1.82, 2.24) is 0 Å². The van der Waals surface area contributed by atoms with Gasteiger partial charge in [0.2, 0.25) is 0 Å². The Kier molecular flexibility index (Phi) is 17.4. The summed E-state index contributed by atoms with van der Waals surface area (Å²) in [7, 11) is 1.88. The van der Waals surface area contributed by atoms with Crippen LogP contribution in [0.1, 0.15) is 90.9 Å². The molecule has 4 saturated carbocycles. The van der Waals surface area contributed by atoms with Gasteiger partial charge in [0.15, 0.2) is 0 Å². The molecular formula is C49H52O4. The van der Waals surface area contributed by atoms with Gasteiger partial charge in [-0.1, -0.05) is 37.6 Å². The molecule has 4 heteroatoms. The molecule has 0 spiro atoms. The molecule has 4 aliphatic rings. The largest absolute Gasteiger partial charge is 0.443 e. The van der Waals surface area contributed by atoms with Gasteiger partial charge in [-0.3, -0.25) is 0 Å². The topological polar surface area (TPSA) is 36.9 Å². The van der Waals surface area contributed by atoms with Gasteiger partial charge in [0, 0.05) is 48.6 Å². The summed E-state index contributed by atoms with van der Waals surface area (Å²) in [5.74, 6) is 34.6. The fourth-order valence-electron chi connectivity index (χ4n) is 9.31. The maximum atomic E-state index is 6.22. The number of rotatable bonds is 9. The lowest BCUT2D eigenvalue weighted by atomic mass is 9.62. The third-order valence-electron chi connectivity index (χ3n) is 11.7. The van der Waals surface area contributed by atoms with E-state index in [1.165, 1.54) is 25.7 Å². The van der Waals surface area contributed by atoms with Crippen LogP contribution in [0.15, 0.2) is 24.3 Å². The van der Waals surface area contributed by atoms with Crippen LogP contribution in [0.4, 0.5) is 0 Å². The summed E-state index contributed by atoms with van der Waals surface area (Å²) >= 11 is 0. The molecule has 0 saturated heterocycles. The SMILES string of the molecule is C#CC#CC#CC#CC#COC1CCCC(C2CC(/C=C/C3CCC(C)CC3C3CCC(OC#CC#C)C(OC#CC#C)C3)C(OC)CC2/C=C/C)C1. The zero-order valence-electron chi connectivity index (χ0n) is 31.6. The molecule has 0 aromatic rings. The van der Waals surface area contributed by atoms with Crippen LogP contribution in [0.3, 0.4) is 0 Å². The van der Waals surface area contributed by atoms with Crippen LogP contribution in [-0.2, 0) is 18.9 Å². The second-order valence-electron chi connectivity index (χ2n) is 14.8. The molecule has 4 fully saturated rings. The van der Waals surface area contributed by atoms with E-state index in [-0.39, 0.29) is 24.4 Å². The van der Waals surface area contributed by atoms with Crippen molar-refractivity contribution in [3.05, 3.63) is 24.3 Å². The summed E-state index contributed by atoms with van der Waals surface area (Å²) in [6.07, 6.45) is 46.5. The quantitative estimate of drug-likeness (QED) is 0.182. The van der Waals surface area contributed by atoms with Crippen LogP contribution >= 0.6 is 0 Å². The molecule has 272 valence electrons. The first-order chi connectivity index (χ1) is 26.0. The Labute approximate surface area is 320 Å². The van der Waals surface area contributed by atoms with Crippen molar-refractivity contribution in [2.45, 2.75) is 115 Å². The van der Waals surface area contributed by atoms with Gasteiger partial charge in [-0.25, -0.2) is 0 Å². The van der Waals surface area contributed by atoms with Crippen molar-refractivity contribution in [3.8, 4) is 109 Å². The van der Waals surface area contributed by atoms with E-state index in [9.17, 15) is 0 Å². The molecule has 0 radical (unpaired) electrons. The number of allylic oxidation sites excluding steroid dienone is 3. The number of ether oxygens (including phenoxy) is 4. The summed E-state index contributed by atoms with van der Waals surface area (Å²) in [4.78, 5) is 0. The Morgan fingerprint density at radius 1 is 0.509 bits per heavy atom. The molecule has 0 amide bonds. The molecule has 4 nitrogen and oxygen atoms in total. The van der Waals surface area contributed by atoms with Gasteiger partial charge in [0.05, 0.1) is 6.10 Å². The second kappa shape index (κ2) is 22.7. The lowest BCUT2D eigenvalue weighted by molar-refractivity contribution is -0.0430. The van der Waals surface area contributed by atoms with Gasteiger partial charge in [-0.05, 0) is 155 Å². The van der Waals surface area contributed by atoms with Gasteiger partial charge in [-0.2, -0.15) is 0 Å². The number of terminal acetylenes is 3. The molecule has 0 bridgehead atoms. The van der Waals surface area contributed by atoms with E-state index in [1.807, 2.05) is 7.11 Å². The van der Waals surface area contributed by atoms with Crippen molar-refractivity contribution in [3.63, 3.8) is 0 Å². The van der Waals surface area contributed by atoms with E-state index in [1.54, 1.807) is 0 Å². The van der Waals surface area contributed by atoms with E-state index in [2.05, 4.69) is 128 Å². The summed E-state index contributed by atoms with van der Waals surface area (Å²) < 4.78 is 24.0. The Bertz CT molecular complexity index is 1790. The molecule has 4 aliphatic carbocycles. The van der Waals surface area contributed by atoms with Crippen LogP contribution < -0.4 is 0 Å². The smallest absolute Gasteiger partial charge is 0.148 e. The highest BCUT2D eigenvalue weighted by Gasteiger charge is 2.43. The summed E-state index contributed by atoms with van der Waals surface area (Å²) in [5, 5.41) is 0. The second-order valence-corrected chi connectivity index (χ2v) is 14.8. The third kappa shape index (κ3) is 12.8. The van der Waals surface area contributed by atoms with Gasteiger partial charge >= 0.3 is 0 Å². The normalized spacial score (nSPS) is 33.1. The monoisotopic (exact) mass is 704 g/mol. The Morgan fingerprint density at radius 3 is 1.87 bits per heavy atom. The lowest BCUT2D eigenvalue weighted by Crippen LogP contribution is -2.41. The maximum Gasteiger partial charge on any atom is 0.148 e. The lowest BCUT2D eigenvalue weighted by Gasteiger charge is -2.45. The molecule has 12 unspecified atom stereocenters. The first-order valence-electron chi connectivity index (χ1n) is 19.2. The van der Waals surface area contributed by atoms with Crippen LogP contribution in [0.2, 0.25) is 0 Å². The van der Waals surface area contributed by atoms with Crippen molar-refractivity contribution in [1.29, 1.82) is 0 Å². The zero-order chi connectivity index (χ0) is 37.7. The average molecular weight is 705 g/mol. The molecule has 0 heterocycles. The number of hydrogen-bond acceptors (Lipinski definition) is 4. The van der Waals surface area contributed by atoms with Crippen LogP contribution in [0, 0.1) is 156 Å². The number of hydrogen-bond donors (Lipinski definition) is 0. The van der Waals surface area contributed by atoms with E-state index in [0.717, 1.165) is 51.4 Å². The average Bonchev–Trinajstić information content (AvgIpc) is 3.17. The highest BCUT2D eigenvalue weighted by molar-refractivity contribution is 5.41. The minimum absolute atomic E-state index is 0.108. The third-order valence-corrected chi connectivity index (χ3v) is 11.7. The zero-order valence-corrected chi connectivity index (χ0v) is 31.6. The van der Waals surface area contributed by atoms with E-state index in [4.69, 9.17) is 38.2 Å². The molecular weight excluding hydrogens is 653 g/mol. The van der Waals surface area contributed by atoms with Crippen molar-refractivity contribution in [2.75, 3.05) is 7.11 Å². The van der Waals surface area contributed by atoms with Gasteiger partial charge < -0.3 is 18.9 Å². The minimum atomic E-state index is -0.203. The number of methoxy groups -OCH3 is 1. The Morgan fingerprint density at radius 2 is 1.15 bits per heavy atom. The van der Waals surface area contributed by atoms with E-state index in [0.29, 0.717) is 47.3 Å². The predicted molar refractivity (Wildman–Crippen MR) is 212 cm³/mol. The van der Waals surface area contributed by atoms with Crippen LogP contribution in [0.25, 0.3) is 0 Å². The van der Waals surface area contributed by atoms with Crippen molar-refractivity contribution < 1.29 is 18.9 Å². The fraction of sp³-hybridized carbons (Fsp3) is 0.551. The molecule has 0 aromatic carbocycles. The standard InChI is InChI=1S/C49H52O4/c1-7-11-14-15-16-17-18-19-32-51-44-23-20-22-41(34-44)46-35-43(48(50-6)36-40(46)21-10-4)27-26-39-25-24-38(5)33-45(39)42-28-29-47(52-30-12-8-2)49(37-42)53-31-13-9-3/h1-3,10,21,26-27,38-49H,20,22-25,28-29,33-37H2,4-6H3/b21-10+,27-26+. The van der Waals surface area contributed by atoms with Crippen molar-refractivity contribution >= 4 is 0 Å². The molecule has 53 heavy (non-hydrogen) atoms. The summed E-state index contributed by atoms with van der Waals surface area (Å²) in [6.45, 7) is 4.53. The first kappa shape index (κ1) is 40.6. The highest BCUT2D eigenvalue weighted by Crippen LogP contribution is 2.48. The van der Waals surface area contributed by atoms with Gasteiger partial charge in [-0.15, -0.1) is 19.3 Å². The summed E-state index contributed by atoms with van der Waals surface area (Å²) in [6, 6.07) is 0. The first-order valence-corrected chi connectivity index (χ1v) is 19.2.